The van der Waals surface area contributed by atoms with Gasteiger partial charge in [0, 0.05) is 53.8 Å². The van der Waals surface area contributed by atoms with Gasteiger partial charge in [-0.2, -0.15) is 0 Å². The maximum absolute atomic E-state index is 10.4. The number of ether oxygens (including phenoxy) is 4. The Hall–Kier alpha value is -5.10. The fourth-order valence-corrected chi connectivity index (χ4v) is 8.12. The standard InChI is InChI=1S/C26H21N3O3.C15H10BrIN2O2/c27-24-29-26(16-31-24)20-13-17(8-11-25(30)9-2-10-25)4-6-22(20)32-23-7-5-18(14-21(23)26)19-3-1-12-28-15-19;16-8-1-3-12-10(5-8)15(7-20-14(18)19-15)11-6-9(17)2-4-13(11)21-12/h1,3-7,12-15,30H,2,9-10,16H2,(H2,27,29);1-6H,7H2,(H2,18,19)/t26-;15-/m10/s1. The Labute approximate surface area is 327 Å². The lowest BCUT2D eigenvalue weighted by atomic mass is 9.79. The van der Waals surface area contributed by atoms with Gasteiger partial charge >= 0.3 is 0 Å². The van der Waals surface area contributed by atoms with Crippen LogP contribution in [0.2, 0.25) is 0 Å². The van der Waals surface area contributed by atoms with E-state index in [1.807, 2.05) is 79.0 Å². The van der Waals surface area contributed by atoms with Crippen molar-refractivity contribution in [2.45, 2.75) is 35.9 Å². The predicted octanol–water partition coefficient (Wildman–Crippen LogP) is 7.46. The average Bonchev–Trinajstić information content (AvgIpc) is 3.75. The predicted molar refractivity (Wildman–Crippen MR) is 212 cm³/mol. The van der Waals surface area contributed by atoms with Gasteiger partial charge in [0.05, 0.1) is 0 Å². The molecule has 4 aliphatic heterocycles. The van der Waals surface area contributed by atoms with Gasteiger partial charge in [0.25, 0.3) is 12.0 Å². The molecule has 1 fully saturated rings. The van der Waals surface area contributed by atoms with E-state index in [0.717, 1.165) is 83.5 Å². The van der Waals surface area contributed by atoms with Gasteiger partial charge in [-0.3, -0.25) is 4.98 Å². The van der Waals surface area contributed by atoms with Crippen LogP contribution in [0, 0.1) is 15.4 Å². The van der Waals surface area contributed by atoms with Gasteiger partial charge in [0.1, 0.15) is 41.8 Å². The molecule has 4 aromatic carbocycles. The summed E-state index contributed by atoms with van der Waals surface area (Å²) in [6, 6.07) is 28.0. The first-order valence-corrected chi connectivity index (χ1v) is 18.9. The van der Waals surface area contributed by atoms with Crippen LogP contribution in [0.25, 0.3) is 11.1 Å². The molecular formula is C41H31BrIN5O5. The van der Waals surface area contributed by atoms with Crippen molar-refractivity contribution in [1.82, 2.24) is 4.98 Å². The molecule has 10 nitrogen and oxygen atoms in total. The number of pyridine rings is 1. The molecule has 0 radical (unpaired) electrons. The van der Waals surface area contributed by atoms with E-state index in [0.29, 0.717) is 12.4 Å². The average molecular weight is 881 g/mol. The fraction of sp³-hybridized carbons (Fsp3) is 0.195. The number of hydrogen-bond acceptors (Lipinski definition) is 10. The summed E-state index contributed by atoms with van der Waals surface area (Å²) in [5.74, 6) is 9.15. The number of nitrogens with zero attached hydrogens (tertiary/aromatic N) is 3. The van der Waals surface area contributed by atoms with Gasteiger partial charge < -0.3 is 35.5 Å². The van der Waals surface area contributed by atoms with E-state index in [2.05, 4.69) is 72.5 Å². The van der Waals surface area contributed by atoms with Crippen LogP contribution in [0.15, 0.2) is 112 Å². The number of hydrogen-bond donors (Lipinski definition) is 3. The van der Waals surface area contributed by atoms with Crippen LogP contribution in [0.3, 0.4) is 0 Å². The second-order valence-corrected chi connectivity index (χ2v) is 15.6. The van der Waals surface area contributed by atoms with Gasteiger partial charge in [-0.1, -0.05) is 39.9 Å². The quantitative estimate of drug-likeness (QED) is 0.116. The fourth-order valence-electron chi connectivity index (χ4n) is 7.27. The van der Waals surface area contributed by atoms with Crippen LogP contribution in [-0.2, 0) is 20.6 Å². The molecule has 0 unspecified atom stereocenters. The minimum atomic E-state index is -0.867. The first-order valence-electron chi connectivity index (χ1n) is 17.0. The Morgan fingerprint density at radius 3 is 1.92 bits per heavy atom. The molecule has 1 aliphatic carbocycles. The largest absolute Gasteiger partial charge is 0.462 e. The molecule has 2 atom stereocenters. The number of benzene rings is 4. The van der Waals surface area contributed by atoms with Crippen molar-refractivity contribution in [1.29, 1.82) is 0 Å². The van der Waals surface area contributed by atoms with Crippen LogP contribution < -0.4 is 20.9 Å². The lowest BCUT2D eigenvalue weighted by Crippen LogP contribution is -2.34. The Morgan fingerprint density at radius 2 is 1.32 bits per heavy atom. The molecule has 5 aromatic rings. The third-order valence-corrected chi connectivity index (χ3v) is 11.3. The Morgan fingerprint density at radius 1 is 0.717 bits per heavy atom. The number of aromatic nitrogens is 1. The van der Waals surface area contributed by atoms with Crippen LogP contribution >= 0.6 is 38.5 Å². The second kappa shape index (κ2) is 12.8. The third-order valence-electron chi connectivity index (χ3n) is 10.1. The number of halogens is 2. The molecule has 1 saturated carbocycles. The van der Waals surface area contributed by atoms with Crippen molar-refractivity contribution in [2.24, 2.45) is 21.5 Å². The summed E-state index contributed by atoms with van der Waals surface area (Å²) < 4.78 is 25.5. The van der Waals surface area contributed by atoms with Gasteiger partial charge in [-0.05, 0) is 120 Å². The zero-order chi connectivity index (χ0) is 36.4. The highest BCUT2D eigenvalue weighted by Crippen LogP contribution is 2.53. The van der Waals surface area contributed by atoms with Crippen molar-refractivity contribution >= 4 is 50.6 Å². The topological polar surface area (TPSA) is 147 Å². The van der Waals surface area contributed by atoms with E-state index in [1.54, 1.807) is 6.20 Å². The summed E-state index contributed by atoms with van der Waals surface area (Å²) in [4.78, 5) is 13.6. The smallest absolute Gasteiger partial charge is 0.283 e. The van der Waals surface area contributed by atoms with Crippen LogP contribution in [0.4, 0.5) is 0 Å². The first-order chi connectivity index (χ1) is 25.6. The molecule has 5 heterocycles. The van der Waals surface area contributed by atoms with Crippen molar-refractivity contribution in [2.75, 3.05) is 13.2 Å². The van der Waals surface area contributed by atoms with E-state index in [-0.39, 0.29) is 18.7 Å². The van der Waals surface area contributed by atoms with E-state index in [9.17, 15) is 5.11 Å². The molecule has 53 heavy (non-hydrogen) atoms. The second-order valence-electron chi connectivity index (χ2n) is 13.5. The van der Waals surface area contributed by atoms with Gasteiger partial charge in [-0.15, -0.1) is 0 Å². The van der Waals surface area contributed by atoms with E-state index in [4.69, 9.17) is 35.4 Å². The van der Waals surface area contributed by atoms with E-state index < -0.39 is 16.7 Å². The highest BCUT2D eigenvalue weighted by Gasteiger charge is 2.48. The zero-order valence-corrected chi connectivity index (χ0v) is 31.8. The maximum atomic E-state index is 10.4. The number of aliphatic imine (C=N–C) groups is 2. The highest BCUT2D eigenvalue weighted by atomic mass is 127. The summed E-state index contributed by atoms with van der Waals surface area (Å²) in [7, 11) is 0. The van der Waals surface area contributed by atoms with Crippen LogP contribution in [-0.4, -0.2) is 40.9 Å². The third kappa shape index (κ3) is 5.87. The molecule has 0 bridgehead atoms. The monoisotopic (exact) mass is 879 g/mol. The summed E-state index contributed by atoms with van der Waals surface area (Å²) in [5, 5.41) is 10.4. The molecule has 1 aromatic heterocycles. The van der Waals surface area contributed by atoms with E-state index >= 15 is 0 Å². The SMILES string of the molecule is NC1=N[C@@]2(CO1)c1cc(Br)ccc1Oc1ccc(I)cc12.NC1=N[C@]2(CO1)c1cc(C#CC3(O)CCC3)ccc1Oc1ccc(-c3cccnc3)cc12. The van der Waals surface area contributed by atoms with Crippen molar-refractivity contribution in [3.8, 4) is 46.0 Å². The molecule has 2 spiro atoms. The molecule has 5 N–H and O–H groups in total. The molecule has 5 aliphatic rings. The number of aliphatic hydroxyl groups is 1. The Kier molecular flexibility index (Phi) is 8.14. The number of nitrogens with two attached hydrogens (primary N) is 2. The molecule has 12 heteroatoms. The van der Waals surface area contributed by atoms with Gasteiger partial charge in [-0.25, -0.2) is 9.98 Å². The molecule has 10 rings (SSSR count). The Balaban J connectivity index is 0.000000153. The lowest BCUT2D eigenvalue weighted by Gasteiger charge is -2.34. The Bertz CT molecular complexity index is 2390. The van der Waals surface area contributed by atoms with Crippen LogP contribution in [0.1, 0.15) is 47.1 Å². The van der Waals surface area contributed by atoms with Gasteiger partial charge in [0.15, 0.2) is 11.1 Å². The van der Waals surface area contributed by atoms with Crippen molar-refractivity contribution in [3.63, 3.8) is 0 Å². The summed E-state index contributed by atoms with van der Waals surface area (Å²) >= 11 is 5.79. The molecular weight excluding hydrogens is 849 g/mol. The summed E-state index contributed by atoms with van der Waals surface area (Å²) in [6.07, 6.45) is 6.02. The lowest BCUT2D eigenvalue weighted by molar-refractivity contribution is 0.0240. The summed E-state index contributed by atoms with van der Waals surface area (Å²) in [6.45, 7) is 0.665. The highest BCUT2D eigenvalue weighted by molar-refractivity contribution is 14.1. The molecule has 0 amide bonds. The van der Waals surface area contributed by atoms with Crippen molar-refractivity contribution in [3.05, 3.63) is 133 Å². The minimum absolute atomic E-state index is 0.149. The van der Waals surface area contributed by atoms with Crippen molar-refractivity contribution < 1.29 is 24.1 Å². The van der Waals surface area contributed by atoms with Gasteiger partial charge in [0.2, 0.25) is 0 Å². The minimum Gasteiger partial charge on any atom is -0.462 e. The zero-order valence-electron chi connectivity index (χ0n) is 28.1. The molecule has 264 valence electrons. The normalized spacial score (nSPS) is 21.9. The number of rotatable bonds is 1. The molecule has 0 saturated heterocycles. The first kappa shape index (κ1) is 33.7. The van der Waals surface area contributed by atoms with E-state index in [1.165, 1.54) is 0 Å². The number of amidine groups is 2. The summed E-state index contributed by atoms with van der Waals surface area (Å²) in [5.41, 5.74) is 16.0. The van der Waals surface area contributed by atoms with Crippen LogP contribution in [0.5, 0.6) is 23.0 Å². The number of fused-ring (bicyclic) bond motifs is 8. The maximum Gasteiger partial charge on any atom is 0.283 e.